The second kappa shape index (κ2) is 7.96. The Morgan fingerprint density at radius 3 is 2.79 bits per heavy atom. The predicted octanol–water partition coefficient (Wildman–Crippen LogP) is 1.88. The first kappa shape index (κ1) is 18.0. The minimum atomic E-state index is -0.608. The van der Waals surface area contributed by atoms with Crippen molar-refractivity contribution in [3.63, 3.8) is 0 Å². The lowest BCUT2D eigenvalue weighted by molar-refractivity contribution is -0.130. The first-order valence-electron chi connectivity index (χ1n) is 7.40. The highest BCUT2D eigenvalue weighted by molar-refractivity contribution is 7.98. The fourth-order valence-electron chi connectivity index (χ4n) is 2.03. The molecule has 0 spiro atoms. The van der Waals surface area contributed by atoms with Gasteiger partial charge in [-0.1, -0.05) is 16.9 Å². The Balaban J connectivity index is 2.07. The molecule has 7 nitrogen and oxygen atoms in total. The highest BCUT2D eigenvalue weighted by atomic mass is 32.2. The third-order valence-corrected chi connectivity index (χ3v) is 4.25. The number of nitrogens with zero attached hydrogens (tertiary/aromatic N) is 3. The molecule has 24 heavy (non-hydrogen) atoms. The van der Waals surface area contributed by atoms with Crippen LogP contribution in [-0.4, -0.2) is 47.0 Å². The Bertz CT molecular complexity index is 730. The molecule has 8 heteroatoms. The van der Waals surface area contributed by atoms with E-state index >= 15 is 0 Å². The maximum atomic E-state index is 12.4. The van der Waals surface area contributed by atoms with Crippen molar-refractivity contribution in [3.8, 4) is 0 Å². The first-order chi connectivity index (χ1) is 11.4. The zero-order valence-corrected chi connectivity index (χ0v) is 14.9. The van der Waals surface area contributed by atoms with Crippen LogP contribution in [-0.2, 0) is 10.5 Å². The molecule has 2 heterocycles. The van der Waals surface area contributed by atoms with E-state index in [4.69, 9.17) is 4.52 Å². The molecule has 0 unspecified atom stereocenters. The van der Waals surface area contributed by atoms with Crippen LogP contribution >= 0.6 is 11.8 Å². The molecule has 1 atom stereocenters. The van der Waals surface area contributed by atoms with Crippen LogP contribution in [0.2, 0.25) is 0 Å². The molecule has 2 amide bonds. The quantitative estimate of drug-likeness (QED) is 0.802. The first-order valence-corrected chi connectivity index (χ1v) is 8.39. The largest absolute Gasteiger partial charge is 0.361 e. The molecule has 0 saturated carbocycles. The lowest BCUT2D eigenvalue weighted by Gasteiger charge is -2.18. The zero-order chi connectivity index (χ0) is 17.7. The number of hydrogen-bond acceptors (Lipinski definition) is 6. The summed E-state index contributed by atoms with van der Waals surface area (Å²) in [6, 6.07) is 4.61. The molecule has 0 bridgehead atoms. The van der Waals surface area contributed by atoms with E-state index in [1.807, 2.05) is 13.0 Å². The van der Waals surface area contributed by atoms with Crippen LogP contribution in [0.15, 0.2) is 33.9 Å². The molecule has 128 valence electrons. The number of pyridine rings is 1. The molecule has 1 N–H and O–H groups in total. The molecule has 0 aliphatic heterocycles. The van der Waals surface area contributed by atoms with Gasteiger partial charge in [-0.3, -0.25) is 9.59 Å². The van der Waals surface area contributed by atoms with E-state index in [1.54, 1.807) is 39.3 Å². The fourth-order valence-corrected chi connectivity index (χ4v) is 2.90. The molecule has 0 radical (unpaired) electrons. The second-order valence-electron chi connectivity index (χ2n) is 5.50. The Morgan fingerprint density at radius 1 is 1.42 bits per heavy atom. The van der Waals surface area contributed by atoms with E-state index in [9.17, 15) is 9.59 Å². The van der Waals surface area contributed by atoms with Crippen LogP contribution in [0.25, 0.3) is 0 Å². The van der Waals surface area contributed by atoms with Gasteiger partial charge in [0.1, 0.15) is 16.8 Å². The third kappa shape index (κ3) is 4.58. The van der Waals surface area contributed by atoms with Crippen molar-refractivity contribution in [2.45, 2.75) is 30.7 Å². The minimum absolute atomic E-state index is 0.167. The van der Waals surface area contributed by atoms with Gasteiger partial charge >= 0.3 is 0 Å². The monoisotopic (exact) mass is 348 g/mol. The lowest BCUT2D eigenvalue weighted by Crippen LogP contribution is -2.44. The lowest BCUT2D eigenvalue weighted by atomic mass is 10.2. The number of likely N-dealkylation sites (N-methyl/N-ethyl adjacent to an activating group) is 1. The summed E-state index contributed by atoms with van der Waals surface area (Å²) in [7, 11) is 3.30. The summed E-state index contributed by atoms with van der Waals surface area (Å²) in [5, 5.41) is 7.21. The average Bonchev–Trinajstić information content (AvgIpc) is 2.97. The smallest absolute Gasteiger partial charge is 0.254 e. The highest BCUT2D eigenvalue weighted by Crippen LogP contribution is 2.24. The van der Waals surface area contributed by atoms with Gasteiger partial charge in [0.25, 0.3) is 5.91 Å². The number of aromatic nitrogens is 2. The summed E-state index contributed by atoms with van der Waals surface area (Å²) in [6.07, 6.45) is 1.63. The number of nitrogens with one attached hydrogen (secondary N) is 1. The van der Waals surface area contributed by atoms with Crippen LogP contribution in [0.4, 0.5) is 0 Å². The van der Waals surface area contributed by atoms with Gasteiger partial charge in [0, 0.05) is 32.1 Å². The molecular weight excluding hydrogens is 328 g/mol. The molecule has 0 aromatic carbocycles. The maximum Gasteiger partial charge on any atom is 0.254 e. The second-order valence-corrected chi connectivity index (χ2v) is 6.47. The van der Waals surface area contributed by atoms with E-state index in [2.05, 4.69) is 15.5 Å². The van der Waals surface area contributed by atoms with E-state index in [0.717, 1.165) is 11.5 Å². The van der Waals surface area contributed by atoms with E-state index in [1.165, 1.54) is 16.7 Å². The van der Waals surface area contributed by atoms with E-state index in [-0.39, 0.29) is 11.8 Å². The summed E-state index contributed by atoms with van der Waals surface area (Å²) in [4.78, 5) is 30.0. The predicted molar refractivity (Wildman–Crippen MR) is 90.7 cm³/mol. The summed E-state index contributed by atoms with van der Waals surface area (Å²) in [6.45, 7) is 3.48. The Labute approximate surface area is 144 Å². The van der Waals surface area contributed by atoms with Gasteiger partial charge in [-0.05, 0) is 26.0 Å². The number of rotatable bonds is 6. The number of hydrogen-bond donors (Lipinski definition) is 1. The van der Waals surface area contributed by atoms with Gasteiger partial charge in [-0.25, -0.2) is 4.98 Å². The number of thioether (sulfide) groups is 1. The summed E-state index contributed by atoms with van der Waals surface area (Å²) in [5.74, 6) is 0.783. The molecule has 0 aliphatic rings. The molecule has 0 fully saturated rings. The van der Waals surface area contributed by atoms with Crippen LogP contribution < -0.4 is 5.32 Å². The van der Waals surface area contributed by atoms with Crippen molar-refractivity contribution in [2.75, 3.05) is 14.1 Å². The number of aryl methyl sites for hydroxylation is 1. The van der Waals surface area contributed by atoms with Gasteiger partial charge < -0.3 is 14.7 Å². The van der Waals surface area contributed by atoms with Crippen molar-refractivity contribution < 1.29 is 14.1 Å². The van der Waals surface area contributed by atoms with Gasteiger partial charge in [0.05, 0.1) is 11.3 Å². The van der Waals surface area contributed by atoms with Crippen LogP contribution in [0, 0.1) is 6.92 Å². The van der Waals surface area contributed by atoms with E-state index < -0.39 is 6.04 Å². The Hall–Kier alpha value is -2.35. The van der Waals surface area contributed by atoms with Gasteiger partial charge in [-0.15, -0.1) is 0 Å². The molecule has 2 aromatic rings. The standard InChI is InChI=1S/C16H20N4O3S/c1-10-8-12(19-23-10)9-24-15-13(6-5-7-17-15)14(21)18-11(2)16(22)20(3)4/h5-8,11H,9H2,1-4H3,(H,18,21)/t11-/m0/s1. The Kier molecular flexibility index (Phi) is 5.97. The number of amides is 2. The van der Waals surface area contributed by atoms with Crippen molar-refractivity contribution in [1.29, 1.82) is 0 Å². The van der Waals surface area contributed by atoms with Gasteiger partial charge in [0.15, 0.2) is 0 Å². The zero-order valence-electron chi connectivity index (χ0n) is 14.1. The Morgan fingerprint density at radius 2 is 2.17 bits per heavy atom. The van der Waals surface area contributed by atoms with Crippen LogP contribution in [0.1, 0.15) is 28.7 Å². The molecular formula is C16H20N4O3S. The van der Waals surface area contributed by atoms with Crippen molar-refractivity contribution >= 4 is 23.6 Å². The van der Waals surface area contributed by atoms with Crippen molar-refractivity contribution in [1.82, 2.24) is 20.4 Å². The number of carbonyl (C=O) groups excluding carboxylic acids is 2. The molecule has 2 rings (SSSR count). The summed E-state index contributed by atoms with van der Waals surface area (Å²) >= 11 is 1.39. The van der Waals surface area contributed by atoms with Crippen molar-refractivity contribution in [2.24, 2.45) is 0 Å². The molecule has 0 saturated heterocycles. The van der Waals surface area contributed by atoms with E-state index in [0.29, 0.717) is 16.3 Å². The maximum absolute atomic E-state index is 12.4. The average molecular weight is 348 g/mol. The molecule has 0 aliphatic carbocycles. The highest BCUT2D eigenvalue weighted by Gasteiger charge is 2.20. The topological polar surface area (TPSA) is 88.3 Å². The summed E-state index contributed by atoms with van der Waals surface area (Å²) in [5.41, 5.74) is 1.21. The normalized spacial score (nSPS) is 11.8. The van der Waals surface area contributed by atoms with Gasteiger partial charge in [0.2, 0.25) is 5.91 Å². The third-order valence-electron chi connectivity index (χ3n) is 3.21. The minimum Gasteiger partial charge on any atom is -0.361 e. The van der Waals surface area contributed by atoms with Crippen LogP contribution in [0.3, 0.4) is 0 Å². The fraction of sp³-hybridized carbons (Fsp3) is 0.375. The van der Waals surface area contributed by atoms with Crippen LogP contribution in [0.5, 0.6) is 0 Å². The molecule has 2 aromatic heterocycles. The number of carbonyl (C=O) groups is 2. The van der Waals surface area contributed by atoms with Gasteiger partial charge in [-0.2, -0.15) is 0 Å². The SMILES string of the molecule is Cc1cc(CSc2ncccc2C(=O)N[C@@H](C)C(=O)N(C)C)no1. The van der Waals surface area contributed by atoms with Crippen molar-refractivity contribution in [3.05, 3.63) is 41.4 Å². The summed E-state index contributed by atoms with van der Waals surface area (Å²) < 4.78 is 5.03.